The molecule has 1 aliphatic rings. The lowest BCUT2D eigenvalue weighted by molar-refractivity contribution is 0.174. The van der Waals surface area contributed by atoms with E-state index in [0.29, 0.717) is 0 Å². The van der Waals surface area contributed by atoms with E-state index in [0.717, 1.165) is 28.2 Å². The van der Waals surface area contributed by atoms with E-state index < -0.39 is 0 Å². The predicted molar refractivity (Wildman–Crippen MR) is 68.4 cm³/mol. The molecule has 0 bridgehead atoms. The maximum Gasteiger partial charge on any atom is 0.231 e. The SMILES string of the molecule is CC(N)c1cncc(-c2ccc3c(c2)OCO3)c1. The van der Waals surface area contributed by atoms with Gasteiger partial charge in [0.15, 0.2) is 11.5 Å². The second-order valence-electron chi connectivity index (χ2n) is 4.36. The molecule has 0 aliphatic carbocycles. The summed E-state index contributed by atoms with van der Waals surface area (Å²) in [5.74, 6) is 1.56. The van der Waals surface area contributed by atoms with Gasteiger partial charge >= 0.3 is 0 Å². The van der Waals surface area contributed by atoms with Crippen molar-refractivity contribution in [1.29, 1.82) is 0 Å². The molecule has 0 amide bonds. The highest BCUT2D eigenvalue weighted by Crippen LogP contribution is 2.35. The third-order valence-corrected chi connectivity index (χ3v) is 2.99. The van der Waals surface area contributed by atoms with Crippen molar-refractivity contribution >= 4 is 0 Å². The van der Waals surface area contributed by atoms with Crippen molar-refractivity contribution in [2.75, 3.05) is 6.79 Å². The molecule has 1 atom stereocenters. The number of pyridine rings is 1. The lowest BCUT2D eigenvalue weighted by Gasteiger charge is -2.08. The van der Waals surface area contributed by atoms with Gasteiger partial charge in [0.25, 0.3) is 0 Å². The van der Waals surface area contributed by atoms with Crippen LogP contribution in [0.15, 0.2) is 36.7 Å². The molecule has 1 aliphatic heterocycles. The highest BCUT2D eigenvalue weighted by molar-refractivity contribution is 5.67. The molecule has 4 heteroatoms. The lowest BCUT2D eigenvalue weighted by atomic mass is 10.0. The number of benzene rings is 1. The van der Waals surface area contributed by atoms with Gasteiger partial charge in [-0.1, -0.05) is 6.07 Å². The fourth-order valence-corrected chi connectivity index (χ4v) is 1.94. The summed E-state index contributed by atoms with van der Waals surface area (Å²) in [6.45, 7) is 2.23. The number of hydrogen-bond acceptors (Lipinski definition) is 4. The normalized spacial score (nSPS) is 14.6. The number of ether oxygens (including phenoxy) is 2. The van der Waals surface area contributed by atoms with Crippen molar-refractivity contribution < 1.29 is 9.47 Å². The Morgan fingerprint density at radius 3 is 2.78 bits per heavy atom. The Morgan fingerprint density at radius 2 is 1.94 bits per heavy atom. The highest BCUT2D eigenvalue weighted by atomic mass is 16.7. The van der Waals surface area contributed by atoms with Crippen LogP contribution >= 0.6 is 0 Å². The lowest BCUT2D eigenvalue weighted by Crippen LogP contribution is -2.05. The summed E-state index contributed by atoms with van der Waals surface area (Å²) >= 11 is 0. The Bertz CT molecular complexity index is 582. The monoisotopic (exact) mass is 242 g/mol. The molecule has 0 spiro atoms. The summed E-state index contributed by atoms with van der Waals surface area (Å²) in [5, 5.41) is 0. The first kappa shape index (κ1) is 11.0. The summed E-state index contributed by atoms with van der Waals surface area (Å²) in [6.07, 6.45) is 3.62. The van der Waals surface area contributed by atoms with Crippen molar-refractivity contribution in [3.05, 3.63) is 42.2 Å². The number of aromatic nitrogens is 1. The molecule has 0 radical (unpaired) electrons. The molecule has 2 heterocycles. The zero-order valence-electron chi connectivity index (χ0n) is 10.1. The van der Waals surface area contributed by atoms with Crippen LogP contribution in [0.1, 0.15) is 18.5 Å². The summed E-state index contributed by atoms with van der Waals surface area (Å²) in [7, 11) is 0. The van der Waals surface area contributed by atoms with E-state index in [4.69, 9.17) is 15.2 Å². The second kappa shape index (κ2) is 4.31. The zero-order chi connectivity index (χ0) is 12.5. The van der Waals surface area contributed by atoms with Gasteiger partial charge in [-0.05, 0) is 36.2 Å². The van der Waals surface area contributed by atoms with Crippen LogP contribution in [0.2, 0.25) is 0 Å². The van der Waals surface area contributed by atoms with Crippen molar-refractivity contribution in [2.24, 2.45) is 5.73 Å². The minimum atomic E-state index is -0.0218. The Balaban J connectivity index is 2.02. The van der Waals surface area contributed by atoms with Gasteiger partial charge in [-0.3, -0.25) is 4.98 Å². The molecular formula is C14H14N2O2. The van der Waals surface area contributed by atoms with Crippen LogP contribution < -0.4 is 15.2 Å². The first-order valence-electron chi connectivity index (χ1n) is 5.84. The molecule has 3 rings (SSSR count). The largest absolute Gasteiger partial charge is 0.454 e. The molecule has 0 saturated carbocycles. The third kappa shape index (κ3) is 1.91. The van der Waals surface area contributed by atoms with Gasteiger partial charge in [-0.25, -0.2) is 0 Å². The summed E-state index contributed by atoms with van der Waals surface area (Å²) in [5.41, 5.74) is 8.97. The van der Waals surface area contributed by atoms with Crippen LogP contribution in [0.3, 0.4) is 0 Å². The first-order valence-corrected chi connectivity index (χ1v) is 5.84. The molecular weight excluding hydrogens is 228 g/mol. The molecule has 1 aromatic carbocycles. The van der Waals surface area contributed by atoms with Gasteiger partial charge in [0.05, 0.1) is 0 Å². The van der Waals surface area contributed by atoms with Crippen LogP contribution in [0, 0.1) is 0 Å². The van der Waals surface area contributed by atoms with Gasteiger partial charge in [-0.15, -0.1) is 0 Å². The average Bonchev–Trinajstić information content (AvgIpc) is 2.86. The molecule has 92 valence electrons. The first-order chi connectivity index (χ1) is 8.74. The Labute approximate surface area is 105 Å². The second-order valence-corrected chi connectivity index (χ2v) is 4.36. The van der Waals surface area contributed by atoms with E-state index in [9.17, 15) is 0 Å². The molecule has 2 aromatic rings. The van der Waals surface area contributed by atoms with Gasteiger partial charge in [0, 0.05) is 24.0 Å². The smallest absolute Gasteiger partial charge is 0.231 e. The van der Waals surface area contributed by atoms with Crippen LogP contribution in [0.25, 0.3) is 11.1 Å². The molecule has 4 nitrogen and oxygen atoms in total. The van der Waals surface area contributed by atoms with Gasteiger partial charge < -0.3 is 15.2 Å². The predicted octanol–water partition coefficient (Wildman–Crippen LogP) is 2.50. The number of rotatable bonds is 2. The van der Waals surface area contributed by atoms with Gasteiger partial charge in [0.1, 0.15) is 0 Å². The van der Waals surface area contributed by atoms with E-state index >= 15 is 0 Å². The van der Waals surface area contributed by atoms with Crippen LogP contribution in [0.4, 0.5) is 0 Å². The molecule has 18 heavy (non-hydrogen) atoms. The van der Waals surface area contributed by atoms with Crippen molar-refractivity contribution in [3.63, 3.8) is 0 Å². The Hall–Kier alpha value is -2.07. The topological polar surface area (TPSA) is 57.4 Å². The molecule has 0 saturated heterocycles. The number of nitrogens with two attached hydrogens (primary N) is 1. The summed E-state index contributed by atoms with van der Waals surface area (Å²) < 4.78 is 10.7. The number of fused-ring (bicyclic) bond motifs is 1. The minimum absolute atomic E-state index is 0.0218. The van der Waals surface area contributed by atoms with Gasteiger partial charge in [-0.2, -0.15) is 0 Å². The van der Waals surface area contributed by atoms with Crippen molar-refractivity contribution in [3.8, 4) is 22.6 Å². The van der Waals surface area contributed by atoms with Crippen LogP contribution in [0.5, 0.6) is 11.5 Å². The quantitative estimate of drug-likeness (QED) is 0.879. The van der Waals surface area contributed by atoms with E-state index in [-0.39, 0.29) is 12.8 Å². The molecule has 2 N–H and O–H groups in total. The number of nitrogens with zero attached hydrogens (tertiary/aromatic N) is 1. The van der Waals surface area contributed by atoms with Crippen molar-refractivity contribution in [1.82, 2.24) is 4.98 Å². The number of hydrogen-bond donors (Lipinski definition) is 1. The zero-order valence-corrected chi connectivity index (χ0v) is 10.1. The van der Waals surface area contributed by atoms with Crippen molar-refractivity contribution in [2.45, 2.75) is 13.0 Å². The third-order valence-electron chi connectivity index (χ3n) is 2.99. The fraction of sp³-hybridized carbons (Fsp3) is 0.214. The maximum atomic E-state index is 5.87. The van der Waals surface area contributed by atoms with E-state index in [1.807, 2.05) is 31.3 Å². The Morgan fingerprint density at radius 1 is 1.11 bits per heavy atom. The molecule has 0 fully saturated rings. The summed E-state index contributed by atoms with van der Waals surface area (Å²) in [6, 6.07) is 7.90. The minimum Gasteiger partial charge on any atom is -0.454 e. The molecule has 1 unspecified atom stereocenters. The maximum absolute atomic E-state index is 5.87. The summed E-state index contributed by atoms with van der Waals surface area (Å²) in [4.78, 5) is 4.22. The van der Waals surface area contributed by atoms with E-state index in [1.165, 1.54) is 0 Å². The van der Waals surface area contributed by atoms with E-state index in [2.05, 4.69) is 11.1 Å². The van der Waals surface area contributed by atoms with Crippen LogP contribution in [-0.2, 0) is 0 Å². The highest BCUT2D eigenvalue weighted by Gasteiger charge is 2.14. The average molecular weight is 242 g/mol. The van der Waals surface area contributed by atoms with E-state index in [1.54, 1.807) is 6.20 Å². The standard InChI is InChI=1S/C14H14N2O2/c1-9(15)11-4-12(7-16-6-11)10-2-3-13-14(5-10)18-8-17-13/h2-7,9H,8,15H2,1H3. The Kier molecular flexibility index (Phi) is 2.64. The van der Waals surface area contributed by atoms with Gasteiger partial charge in [0.2, 0.25) is 6.79 Å². The fourth-order valence-electron chi connectivity index (χ4n) is 1.94. The molecule has 1 aromatic heterocycles. The van der Waals surface area contributed by atoms with Crippen LogP contribution in [-0.4, -0.2) is 11.8 Å².